The molecule has 0 aromatic carbocycles. The van der Waals surface area contributed by atoms with E-state index in [-0.39, 0.29) is 0 Å². The predicted molar refractivity (Wildman–Crippen MR) is 77.5 cm³/mol. The zero-order chi connectivity index (χ0) is 13.4. The first kappa shape index (κ1) is 12.9. The Labute approximate surface area is 115 Å². The second kappa shape index (κ2) is 5.08. The Kier molecular flexibility index (Phi) is 3.44. The number of aryl methyl sites for hydroxylation is 1. The maximum atomic E-state index is 4.64. The second-order valence-electron chi connectivity index (χ2n) is 6.27. The Morgan fingerprint density at radius 2 is 2.05 bits per heavy atom. The van der Waals surface area contributed by atoms with Crippen molar-refractivity contribution in [3.8, 4) is 0 Å². The highest BCUT2D eigenvalue weighted by molar-refractivity contribution is 5.31. The van der Waals surface area contributed by atoms with Crippen molar-refractivity contribution >= 4 is 5.95 Å². The number of aromatic nitrogens is 2. The van der Waals surface area contributed by atoms with E-state index in [0.717, 1.165) is 29.9 Å². The van der Waals surface area contributed by atoms with Gasteiger partial charge in [0.25, 0.3) is 0 Å². The minimum atomic E-state index is 0.453. The van der Waals surface area contributed by atoms with Crippen molar-refractivity contribution in [1.82, 2.24) is 14.9 Å². The van der Waals surface area contributed by atoms with Crippen LogP contribution in [0.15, 0.2) is 6.07 Å². The van der Waals surface area contributed by atoms with E-state index in [2.05, 4.69) is 40.1 Å². The van der Waals surface area contributed by atoms with E-state index in [1.807, 2.05) is 6.92 Å². The molecule has 1 atom stereocenters. The Balaban J connectivity index is 1.66. The molecule has 19 heavy (non-hydrogen) atoms. The van der Waals surface area contributed by atoms with Crippen molar-refractivity contribution in [3.63, 3.8) is 0 Å². The number of nitrogens with one attached hydrogen (secondary N) is 1. The molecule has 1 saturated heterocycles. The summed E-state index contributed by atoms with van der Waals surface area (Å²) < 4.78 is 0. The smallest absolute Gasteiger partial charge is 0.223 e. The van der Waals surface area contributed by atoms with Gasteiger partial charge >= 0.3 is 0 Å². The minimum absolute atomic E-state index is 0.453. The molecular formula is C15H24N4. The summed E-state index contributed by atoms with van der Waals surface area (Å²) in [6.07, 6.45) is 4.00. The van der Waals surface area contributed by atoms with Crippen LogP contribution in [0.2, 0.25) is 0 Å². The summed E-state index contributed by atoms with van der Waals surface area (Å²) in [6, 6.07) is 3.47. The monoisotopic (exact) mass is 260 g/mol. The molecule has 1 saturated carbocycles. The van der Waals surface area contributed by atoms with Crippen LogP contribution < -0.4 is 5.32 Å². The summed E-state index contributed by atoms with van der Waals surface area (Å²) in [6.45, 7) is 8.78. The van der Waals surface area contributed by atoms with Crippen LogP contribution in [0.25, 0.3) is 0 Å². The molecule has 1 N–H and O–H groups in total. The quantitative estimate of drug-likeness (QED) is 0.903. The maximum Gasteiger partial charge on any atom is 0.223 e. The molecule has 1 unspecified atom stereocenters. The number of rotatable bonds is 4. The Morgan fingerprint density at radius 1 is 1.26 bits per heavy atom. The van der Waals surface area contributed by atoms with Crippen LogP contribution in [0.3, 0.4) is 0 Å². The molecule has 3 rings (SSSR count). The first-order valence-corrected chi connectivity index (χ1v) is 7.48. The van der Waals surface area contributed by atoms with Crippen LogP contribution in [0, 0.1) is 6.92 Å². The first-order chi connectivity index (χ1) is 9.11. The average molecular weight is 260 g/mol. The fourth-order valence-corrected chi connectivity index (χ4v) is 2.81. The summed E-state index contributed by atoms with van der Waals surface area (Å²) in [5.41, 5.74) is 2.19. The highest BCUT2D eigenvalue weighted by Crippen LogP contribution is 2.30. The van der Waals surface area contributed by atoms with Crippen LogP contribution in [-0.2, 0) is 0 Å². The van der Waals surface area contributed by atoms with E-state index in [9.17, 15) is 0 Å². The molecule has 0 radical (unpaired) electrons. The molecule has 104 valence electrons. The Morgan fingerprint density at radius 3 is 2.74 bits per heavy atom. The lowest BCUT2D eigenvalue weighted by atomic mass is 10.1. The lowest BCUT2D eigenvalue weighted by molar-refractivity contribution is 0.326. The van der Waals surface area contributed by atoms with Gasteiger partial charge in [-0.3, -0.25) is 4.90 Å². The Bertz CT molecular complexity index is 453. The SMILES string of the molecule is Cc1cc(C(C)C)nc(NC2CCN(C3CC3)C2)n1. The first-order valence-electron chi connectivity index (χ1n) is 7.48. The third-order valence-corrected chi connectivity index (χ3v) is 4.08. The maximum absolute atomic E-state index is 4.64. The zero-order valence-electron chi connectivity index (χ0n) is 12.2. The van der Waals surface area contributed by atoms with Crippen LogP contribution in [0.4, 0.5) is 5.95 Å². The summed E-state index contributed by atoms with van der Waals surface area (Å²) >= 11 is 0. The third-order valence-electron chi connectivity index (χ3n) is 4.08. The fraction of sp³-hybridized carbons (Fsp3) is 0.733. The van der Waals surface area contributed by atoms with Gasteiger partial charge in [-0.15, -0.1) is 0 Å². The summed E-state index contributed by atoms with van der Waals surface area (Å²) in [7, 11) is 0. The number of hydrogen-bond acceptors (Lipinski definition) is 4. The molecule has 0 spiro atoms. The third kappa shape index (κ3) is 3.06. The predicted octanol–water partition coefficient (Wildman–Crippen LogP) is 2.56. The van der Waals surface area contributed by atoms with Crippen molar-refractivity contribution in [2.75, 3.05) is 18.4 Å². The van der Waals surface area contributed by atoms with E-state index in [1.165, 1.54) is 25.8 Å². The van der Waals surface area contributed by atoms with Gasteiger partial charge in [0.05, 0.1) is 0 Å². The summed E-state index contributed by atoms with van der Waals surface area (Å²) in [5.74, 6) is 1.26. The molecular weight excluding hydrogens is 236 g/mol. The van der Waals surface area contributed by atoms with Gasteiger partial charge in [-0.25, -0.2) is 9.97 Å². The highest BCUT2D eigenvalue weighted by atomic mass is 15.2. The minimum Gasteiger partial charge on any atom is -0.350 e. The lowest BCUT2D eigenvalue weighted by Crippen LogP contribution is -2.28. The van der Waals surface area contributed by atoms with Gasteiger partial charge in [0.1, 0.15) is 0 Å². The van der Waals surface area contributed by atoms with Crippen molar-refractivity contribution in [2.24, 2.45) is 0 Å². The lowest BCUT2D eigenvalue weighted by Gasteiger charge is -2.16. The molecule has 4 nitrogen and oxygen atoms in total. The van der Waals surface area contributed by atoms with E-state index in [4.69, 9.17) is 0 Å². The molecule has 1 aromatic heterocycles. The van der Waals surface area contributed by atoms with Crippen LogP contribution >= 0.6 is 0 Å². The van der Waals surface area contributed by atoms with Gasteiger partial charge in [-0.05, 0) is 38.2 Å². The number of nitrogens with zero attached hydrogens (tertiary/aromatic N) is 3. The van der Waals surface area contributed by atoms with E-state index in [1.54, 1.807) is 0 Å². The van der Waals surface area contributed by atoms with Gasteiger partial charge in [0.15, 0.2) is 0 Å². The molecule has 1 aliphatic heterocycles. The van der Waals surface area contributed by atoms with Crippen LogP contribution in [0.1, 0.15) is 50.4 Å². The van der Waals surface area contributed by atoms with Gasteiger partial charge in [0, 0.05) is 36.6 Å². The number of hydrogen-bond donors (Lipinski definition) is 1. The molecule has 0 bridgehead atoms. The van der Waals surface area contributed by atoms with Gasteiger partial charge in [-0.1, -0.05) is 13.8 Å². The van der Waals surface area contributed by atoms with Gasteiger partial charge < -0.3 is 5.32 Å². The van der Waals surface area contributed by atoms with E-state index < -0.39 is 0 Å². The Hall–Kier alpha value is -1.16. The van der Waals surface area contributed by atoms with Gasteiger partial charge in [-0.2, -0.15) is 0 Å². The molecule has 2 heterocycles. The average Bonchev–Trinajstić information content (AvgIpc) is 3.10. The zero-order valence-corrected chi connectivity index (χ0v) is 12.2. The molecule has 0 amide bonds. The summed E-state index contributed by atoms with van der Waals surface area (Å²) in [5, 5.41) is 3.53. The summed E-state index contributed by atoms with van der Waals surface area (Å²) in [4.78, 5) is 11.8. The molecule has 1 aromatic rings. The molecule has 4 heteroatoms. The number of anilines is 1. The fourth-order valence-electron chi connectivity index (χ4n) is 2.81. The molecule has 2 aliphatic rings. The normalized spacial score (nSPS) is 24.1. The van der Waals surface area contributed by atoms with Crippen LogP contribution in [-0.4, -0.2) is 40.0 Å². The molecule has 2 fully saturated rings. The second-order valence-corrected chi connectivity index (χ2v) is 6.27. The largest absolute Gasteiger partial charge is 0.350 e. The van der Waals surface area contributed by atoms with Crippen molar-refractivity contribution in [1.29, 1.82) is 0 Å². The van der Waals surface area contributed by atoms with E-state index in [0.29, 0.717) is 12.0 Å². The van der Waals surface area contributed by atoms with Crippen molar-refractivity contribution in [3.05, 3.63) is 17.5 Å². The number of likely N-dealkylation sites (tertiary alicyclic amines) is 1. The molecule has 1 aliphatic carbocycles. The topological polar surface area (TPSA) is 41.1 Å². The standard InChI is InChI=1S/C15H24N4/c1-10(2)14-8-11(3)16-15(18-14)17-12-6-7-19(9-12)13-4-5-13/h8,10,12-13H,4-7,9H2,1-3H3,(H,16,17,18). The van der Waals surface area contributed by atoms with E-state index >= 15 is 0 Å². The van der Waals surface area contributed by atoms with Crippen molar-refractivity contribution < 1.29 is 0 Å². The van der Waals surface area contributed by atoms with Gasteiger partial charge in [0.2, 0.25) is 5.95 Å². The van der Waals surface area contributed by atoms with Crippen molar-refractivity contribution in [2.45, 2.75) is 58.0 Å². The highest BCUT2D eigenvalue weighted by Gasteiger charge is 2.34. The van der Waals surface area contributed by atoms with Crippen LogP contribution in [0.5, 0.6) is 0 Å².